The highest BCUT2D eigenvalue weighted by Crippen LogP contribution is 2.38. The van der Waals surface area contributed by atoms with Gasteiger partial charge in [0.2, 0.25) is 19.7 Å². The summed E-state index contributed by atoms with van der Waals surface area (Å²) in [7, 11) is -7.51. The Morgan fingerprint density at radius 3 is 1.96 bits per heavy atom. The molecule has 1 unspecified atom stereocenters. The fourth-order valence-corrected chi connectivity index (χ4v) is 8.96. The Balaban J connectivity index is 0.000000207. The largest absolute Gasteiger partial charge is 0.480 e. The number of carboxylic acids is 1. The Bertz CT molecular complexity index is 2380. The summed E-state index contributed by atoms with van der Waals surface area (Å²) in [5.74, 6) is -0.841. The van der Waals surface area contributed by atoms with E-state index in [1.54, 1.807) is 60.7 Å². The molecule has 0 bridgehead atoms. The van der Waals surface area contributed by atoms with Gasteiger partial charge in [-0.1, -0.05) is 60.7 Å². The minimum absolute atomic E-state index is 0.0424. The second-order valence-electron chi connectivity index (χ2n) is 11.4. The number of para-hydroxylation sites is 1. The number of pyridine rings is 2. The van der Waals surface area contributed by atoms with E-state index in [1.165, 1.54) is 36.7 Å². The smallest absolute Gasteiger partial charge is 0.326 e. The number of rotatable bonds is 8. The lowest BCUT2D eigenvalue weighted by Gasteiger charge is -2.24. The van der Waals surface area contributed by atoms with E-state index in [2.05, 4.69) is 9.97 Å². The van der Waals surface area contributed by atoms with Crippen molar-refractivity contribution in [3.05, 3.63) is 144 Å². The number of carboxylic acid groups (broad SMARTS) is 1. The van der Waals surface area contributed by atoms with Crippen LogP contribution in [0.5, 0.6) is 0 Å². The van der Waals surface area contributed by atoms with Gasteiger partial charge in [-0.3, -0.25) is 4.79 Å². The monoisotopic (exact) mass is 693 g/mol. The molecule has 0 spiro atoms. The first-order valence-electron chi connectivity index (χ1n) is 15.4. The number of hydrogen-bond acceptors (Lipinski definition) is 8. The van der Waals surface area contributed by atoms with Crippen molar-refractivity contribution >= 4 is 42.8 Å². The molecule has 0 saturated heterocycles. The van der Waals surface area contributed by atoms with Crippen LogP contribution >= 0.6 is 0 Å². The highest BCUT2D eigenvalue weighted by molar-refractivity contribution is 7.91. The number of benzene rings is 3. The normalized spacial score (nSPS) is 14.3. The van der Waals surface area contributed by atoms with Crippen LogP contribution in [-0.2, 0) is 37.3 Å². The third-order valence-corrected chi connectivity index (χ3v) is 11.9. The van der Waals surface area contributed by atoms with E-state index in [0.717, 1.165) is 35.0 Å². The second kappa shape index (κ2) is 14.0. The third kappa shape index (κ3) is 6.52. The average Bonchev–Trinajstić information content (AvgIpc) is 3.46. The molecule has 3 aromatic carbocycles. The van der Waals surface area contributed by atoms with Crippen LogP contribution in [0.1, 0.15) is 46.1 Å². The molecule has 0 aliphatic carbocycles. The van der Waals surface area contributed by atoms with Gasteiger partial charge in [0, 0.05) is 35.4 Å². The molecule has 0 fully saturated rings. The molecule has 10 nitrogen and oxygen atoms in total. The van der Waals surface area contributed by atoms with Crippen molar-refractivity contribution in [1.82, 2.24) is 14.5 Å². The van der Waals surface area contributed by atoms with Crippen molar-refractivity contribution in [2.45, 2.75) is 51.6 Å². The summed E-state index contributed by atoms with van der Waals surface area (Å²) >= 11 is 0. The number of aliphatic carboxylic acids is 1. The van der Waals surface area contributed by atoms with Crippen molar-refractivity contribution in [3.8, 4) is 0 Å². The zero-order valence-corrected chi connectivity index (χ0v) is 27.7. The number of aldehydes is 1. The first-order chi connectivity index (χ1) is 23.6. The van der Waals surface area contributed by atoms with Gasteiger partial charge in [0.15, 0.2) is 16.3 Å². The predicted octanol–water partition coefficient (Wildman–Crippen LogP) is 6.15. The van der Waals surface area contributed by atoms with Crippen LogP contribution in [0.3, 0.4) is 0 Å². The number of sulfone groups is 2. The lowest BCUT2D eigenvalue weighted by atomic mass is 9.97. The first kappa shape index (κ1) is 33.4. The van der Waals surface area contributed by atoms with Crippen LogP contribution in [-0.4, -0.2) is 48.7 Å². The Kier molecular flexibility index (Phi) is 9.52. The van der Waals surface area contributed by atoms with Crippen LogP contribution in [0.4, 0.5) is 0 Å². The van der Waals surface area contributed by atoms with Crippen molar-refractivity contribution in [3.63, 3.8) is 0 Å². The molecule has 1 N–H and O–H groups in total. The maximum atomic E-state index is 13.3. The summed E-state index contributed by atoms with van der Waals surface area (Å²) in [5.41, 5.74) is 3.49. The Labute approximate surface area is 283 Å². The molecule has 49 heavy (non-hydrogen) atoms. The molecule has 1 aliphatic heterocycles. The highest BCUT2D eigenvalue weighted by Gasteiger charge is 2.31. The third-order valence-electron chi connectivity index (χ3n) is 8.38. The van der Waals surface area contributed by atoms with Crippen LogP contribution in [0.25, 0.3) is 10.9 Å². The molecule has 1 aliphatic rings. The minimum Gasteiger partial charge on any atom is -0.480 e. The zero-order valence-electron chi connectivity index (χ0n) is 26.1. The van der Waals surface area contributed by atoms with Gasteiger partial charge in [-0.25, -0.2) is 31.6 Å². The molecule has 248 valence electrons. The quantitative estimate of drug-likeness (QED) is 0.185. The first-order valence-corrected chi connectivity index (χ1v) is 18.4. The van der Waals surface area contributed by atoms with Crippen molar-refractivity contribution < 1.29 is 31.5 Å². The summed E-state index contributed by atoms with van der Waals surface area (Å²) in [6.07, 6.45) is 5.82. The van der Waals surface area contributed by atoms with Gasteiger partial charge >= 0.3 is 5.97 Å². The minimum atomic E-state index is -3.78. The van der Waals surface area contributed by atoms with Crippen LogP contribution in [0, 0.1) is 0 Å². The van der Waals surface area contributed by atoms with Crippen molar-refractivity contribution in [1.29, 1.82) is 0 Å². The predicted molar refractivity (Wildman–Crippen MR) is 182 cm³/mol. The Morgan fingerprint density at radius 1 is 0.755 bits per heavy atom. The molecule has 12 heteroatoms. The summed E-state index contributed by atoms with van der Waals surface area (Å²) in [5, 5.41) is 10.6. The Hall–Kier alpha value is -5.46. The molecule has 4 heterocycles. The molecule has 3 aromatic heterocycles. The van der Waals surface area contributed by atoms with Crippen LogP contribution < -0.4 is 0 Å². The van der Waals surface area contributed by atoms with Crippen molar-refractivity contribution in [2.24, 2.45) is 0 Å². The standard InChI is InChI=1S/C25H22N2O4S.C12H9NO3S/c28-25(29)23-14-6-13-22-20(19-11-4-5-12-21(19)27(22)23)16-17-8-7-15-26-24(17)32(30,31)18-9-2-1-3-10-18;14-9-10-5-4-8-13-12(10)17(15,16)11-6-2-1-3-7-11/h1-5,7-12,15,23H,6,13-14,16H2,(H,28,29);1-9H. The van der Waals surface area contributed by atoms with Crippen LogP contribution in [0.2, 0.25) is 0 Å². The lowest BCUT2D eigenvalue weighted by Crippen LogP contribution is -2.25. The molecule has 6 aromatic rings. The molecule has 7 rings (SSSR count). The Morgan fingerprint density at radius 2 is 1.33 bits per heavy atom. The van der Waals surface area contributed by atoms with E-state index in [0.29, 0.717) is 24.7 Å². The molecule has 1 atom stereocenters. The van der Waals surface area contributed by atoms with Crippen molar-refractivity contribution in [2.75, 3.05) is 0 Å². The van der Waals surface area contributed by atoms with Gasteiger partial charge in [-0.05, 0) is 78.9 Å². The summed E-state index contributed by atoms with van der Waals surface area (Å²) in [6, 6.07) is 29.8. The van der Waals surface area contributed by atoms with Gasteiger partial charge < -0.3 is 9.67 Å². The van der Waals surface area contributed by atoms with E-state index < -0.39 is 31.7 Å². The number of carbonyl (C=O) groups is 2. The summed E-state index contributed by atoms with van der Waals surface area (Å²) in [6.45, 7) is 0. The number of carbonyl (C=O) groups excluding carboxylic acids is 1. The van der Waals surface area contributed by atoms with Gasteiger partial charge in [-0.15, -0.1) is 0 Å². The summed E-state index contributed by atoms with van der Waals surface area (Å²) < 4.78 is 53.0. The molecule has 0 amide bonds. The van der Waals surface area contributed by atoms with E-state index >= 15 is 0 Å². The molecule has 0 radical (unpaired) electrons. The topological polar surface area (TPSA) is 153 Å². The number of hydrogen-bond donors (Lipinski definition) is 1. The number of aromatic nitrogens is 3. The second-order valence-corrected chi connectivity index (χ2v) is 15.1. The van der Waals surface area contributed by atoms with E-state index in [1.807, 2.05) is 28.8 Å². The van der Waals surface area contributed by atoms with Gasteiger partial charge in [-0.2, -0.15) is 0 Å². The zero-order chi connectivity index (χ0) is 34.6. The fourth-order valence-electron chi connectivity index (χ4n) is 6.17. The average molecular weight is 694 g/mol. The molecule has 0 saturated carbocycles. The molecular weight excluding hydrogens is 663 g/mol. The van der Waals surface area contributed by atoms with Gasteiger partial charge in [0.05, 0.1) is 15.4 Å². The fraction of sp³-hybridized carbons (Fsp3) is 0.135. The SMILES string of the molecule is O=C(O)C1CCCc2c(Cc3cccnc3S(=O)(=O)c3ccccc3)c3ccccc3n21.O=Cc1cccnc1S(=O)(=O)c1ccccc1. The maximum Gasteiger partial charge on any atom is 0.326 e. The van der Waals surface area contributed by atoms with E-state index in [9.17, 15) is 31.5 Å². The lowest BCUT2D eigenvalue weighted by molar-refractivity contribution is -0.141. The number of fused-ring (bicyclic) bond motifs is 3. The van der Waals surface area contributed by atoms with Gasteiger partial charge in [0.25, 0.3) is 0 Å². The highest BCUT2D eigenvalue weighted by atomic mass is 32.2. The van der Waals surface area contributed by atoms with Gasteiger partial charge in [0.1, 0.15) is 6.04 Å². The molecular formula is C37H31N3O7S2. The van der Waals surface area contributed by atoms with E-state index in [-0.39, 0.29) is 25.4 Å². The van der Waals surface area contributed by atoms with Crippen LogP contribution in [0.15, 0.2) is 141 Å². The van der Waals surface area contributed by atoms with E-state index in [4.69, 9.17) is 0 Å². The maximum absolute atomic E-state index is 13.3. The number of nitrogens with zero attached hydrogens (tertiary/aromatic N) is 3. The summed E-state index contributed by atoms with van der Waals surface area (Å²) in [4.78, 5) is 31.1.